The van der Waals surface area contributed by atoms with Crippen LogP contribution >= 0.6 is 34.5 Å². The van der Waals surface area contributed by atoms with Crippen LogP contribution in [0, 0.1) is 6.92 Å². The van der Waals surface area contributed by atoms with Gasteiger partial charge < -0.3 is 18.9 Å². The summed E-state index contributed by atoms with van der Waals surface area (Å²) in [6.45, 7) is 1.45. The number of ether oxygens (including phenoxy) is 4. The number of esters is 1. The van der Waals surface area contributed by atoms with Gasteiger partial charge in [0.15, 0.2) is 11.9 Å². The Bertz CT molecular complexity index is 826. The van der Waals surface area contributed by atoms with E-state index >= 15 is 0 Å². The first kappa shape index (κ1) is 22.2. The maximum absolute atomic E-state index is 12.1. The van der Waals surface area contributed by atoms with Gasteiger partial charge in [-0.2, -0.15) is 0 Å². The molecule has 0 aliphatic rings. The lowest BCUT2D eigenvalue weighted by Crippen LogP contribution is -2.35. The fourth-order valence-corrected chi connectivity index (χ4v) is 3.34. The van der Waals surface area contributed by atoms with Gasteiger partial charge in [0.05, 0.1) is 12.8 Å². The van der Waals surface area contributed by atoms with Crippen molar-refractivity contribution in [2.24, 2.45) is 0 Å². The van der Waals surface area contributed by atoms with Gasteiger partial charge in [0.2, 0.25) is 0 Å². The summed E-state index contributed by atoms with van der Waals surface area (Å²) in [7, 11) is 2.61. The average molecular weight is 449 g/mol. The Kier molecular flexibility index (Phi) is 8.31. The number of thiazole rings is 1. The van der Waals surface area contributed by atoms with Crippen molar-refractivity contribution in [3.63, 3.8) is 0 Å². The summed E-state index contributed by atoms with van der Waals surface area (Å²) in [5.41, 5.74) is 1.21. The summed E-state index contributed by atoms with van der Waals surface area (Å²) >= 11 is 12.9. The molecule has 0 saturated heterocycles. The number of carbonyl (C=O) groups is 2. The standard InChI is InChI=1S/C17H18Cl2N2O6S/c1-10-6-11(26-7-13-20-15(18)16(19)28-13)4-5-12(10)21(17(23)25-3)9-27-14(22)8-24-2/h4-6H,7-9H2,1-3H3. The molecule has 1 amide bonds. The molecular formula is C17H18Cl2N2O6S. The molecule has 0 unspecified atom stereocenters. The van der Waals surface area contributed by atoms with Crippen LogP contribution in [0.1, 0.15) is 10.6 Å². The van der Waals surface area contributed by atoms with Crippen LogP contribution in [0.15, 0.2) is 18.2 Å². The molecule has 28 heavy (non-hydrogen) atoms. The smallest absolute Gasteiger partial charge is 0.416 e. The van der Waals surface area contributed by atoms with E-state index in [0.717, 1.165) is 0 Å². The third-order valence-electron chi connectivity index (χ3n) is 3.43. The van der Waals surface area contributed by atoms with E-state index in [9.17, 15) is 9.59 Å². The first-order chi connectivity index (χ1) is 13.3. The number of nitrogens with zero attached hydrogens (tertiary/aromatic N) is 2. The molecule has 0 spiro atoms. The molecule has 1 heterocycles. The van der Waals surface area contributed by atoms with Crippen LogP contribution in [0.25, 0.3) is 0 Å². The number of methoxy groups -OCH3 is 2. The fraction of sp³-hybridized carbons (Fsp3) is 0.353. The molecule has 2 rings (SSSR count). The van der Waals surface area contributed by atoms with Crippen molar-refractivity contribution < 1.29 is 28.5 Å². The van der Waals surface area contributed by atoms with E-state index in [-0.39, 0.29) is 25.1 Å². The molecule has 0 atom stereocenters. The quantitative estimate of drug-likeness (QED) is 0.444. The summed E-state index contributed by atoms with van der Waals surface area (Å²) in [6.07, 6.45) is -0.672. The maximum Gasteiger partial charge on any atom is 0.416 e. The number of rotatable bonds is 8. The van der Waals surface area contributed by atoms with Crippen molar-refractivity contribution in [1.82, 2.24) is 4.98 Å². The van der Waals surface area contributed by atoms with Crippen molar-refractivity contribution in [3.8, 4) is 5.75 Å². The average Bonchev–Trinajstić information content (AvgIpc) is 2.99. The summed E-state index contributed by atoms with van der Waals surface area (Å²) in [5.74, 6) is -0.0420. The maximum atomic E-state index is 12.1. The Hall–Kier alpha value is -2.07. The Morgan fingerprint density at radius 1 is 1.25 bits per heavy atom. The van der Waals surface area contributed by atoms with Crippen molar-refractivity contribution >= 4 is 52.3 Å². The predicted octanol–water partition coefficient (Wildman–Crippen LogP) is 4.06. The van der Waals surface area contributed by atoms with Gasteiger partial charge >= 0.3 is 12.1 Å². The lowest BCUT2D eigenvalue weighted by Gasteiger charge is -2.23. The van der Waals surface area contributed by atoms with E-state index in [0.29, 0.717) is 26.3 Å². The SMILES string of the molecule is COCC(=O)OCN(C(=O)OC)c1ccc(OCc2nc(Cl)c(Cl)s2)cc1C. The van der Waals surface area contributed by atoms with Gasteiger partial charge in [0, 0.05) is 7.11 Å². The molecule has 8 nitrogen and oxygen atoms in total. The number of carbonyl (C=O) groups excluding carboxylic acids is 2. The highest BCUT2D eigenvalue weighted by atomic mass is 35.5. The van der Waals surface area contributed by atoms with E-state index in [1.165, 1.54) is 30.5 Å². The molecule has 0 saturated carbocycles. The number of anilines is 1. The van der Waals surface area contributed by atoms with Gasteiger partial charge in [-0.05, 0) is 30.7 Å². The lowest BCUT2D eigenvalue weighted by atomic mass is 10.2. The number of hydrogen-bond donors (Lipinski definition) is 0. The summed E-state index contributed by atoms with van der Waals surface area (Å²) < 4.78 is 20.6. The largest absolute Gasteiger partial charge is 0.486 e. The Morgan fingerprint density at radius 3 is 2.57 bits per heavy atom. The molecule has 0 N–H and O–H groups in total. The molecule has 11 heteroatoms. The molecule has 0 aliphatic carbocycles. The zero-order valence-electron chi connectivity index (χ0n) is 15.4. The van der Waals surface area contributed by atoms with Crippen LogP contribution in [0.5, 0.6) is 5.75 Å². The van der Waals surface area contributed by atoms with E-state index in [1.54, 1.807) is 25.1 Å². The Morgan fingerprint density at radius 2 is 2.00 bits per heavy atom. The second-order valence-corrected chi connectivity index (χ2v) is 7.43. The number of aromatic nitrogens is 1. The van der Waals surface area contributed by atoms with Crippen LogP contribution in [0.3, 0.4) is 0 Å². The van der Waals surface area contributed by atoms with Crippen molar-refractivity contribution in [3.05, 3.63) is 38.3 Å². The predicted molar refractivity (Wildman–Crippen MR) is 105 cm³/mol. The first-order valence-corrected chi connectivity index (χ1v) is 9.47. The first-order valence-electron chi connectivity index (χ1n) is 7.90. The number of aryl methyl sites for hydroxylation is 1. The highest BCUT2D eigenvalue weighted by Gasteiger charge is 2.20. The molecule has 0 fully saturated rings. The van der Waals surface area contributed by atoms with Crippen LogP contribution in [-0.2, 0) is 25.6 Å². The Labute approximate surface area is 175 Å². The van der Waals surface area contributed by atoms with Crippen molar-refractivity contribution in [2.75, 3.05) is 32.5 Å². The fourth-order valence-electron chi connectivity index (χ4n) is 2.18. The minimum Gasteiger partial charge on any atom is -0.486 e. The number of benzene rings is 1. The van der Waals surface area contributed by atoms with Gasteiger partial charge in [-0.3, -0.25) is 0 Å². The zero-order valence-corrected chi connectivity index (χ0v) is 17.7. The highest BCUT2D eigenvalue weighted by Crippen LogP contribution is 2.30. The number of amides is 1. The highest BCUT2D eigenvalue weighted by molar-refractivity contribution is 7.16. The molecular weight excluding hydrogens is 431 g/mol. The summed E-state index contributed by atoms with van der Waals surface area (Å²) in [5, 5.41) is 0.881. The van der Waals surface area contributed by atoms with Crippen molar-refractivity contribution in [2.45, 2.75) is 13.5 Å². The monoisotopic (exact) mass is 448 g/mol. The van der Waals surface area contributed by atoms with Crippen molar-refractivity contribution in [1.29, 1.82) is 0 Å². The van der Waals surface area contributed by atoms with Gasteiger partial charge in [0.25, 0.3) is 0 Å². The number of hydrogen-bond acceptors (Lipinski definition) is 8. The third kappa shape index (κ3) is 5.96. The van der Waals surface area contributed by atoms with E-state index < -0.39 is 12.1 Å². The second-order valence-electron chi connectivity index (χ2n) is 5.39. The topological polar surface area (TPSA) is 87.2 Å². The second kappa shape index (κ2) is 10.5. The van der Waals surface area contributed by atoms with Crippen LogP contribution in [0.4, 0.5) is 10.5 Å². The lowest BCUT2D eigenvalue weighted by molar-refractivity contribution is -0.147. The Balaban J connectivity index is 2.09. The van der Waals surface area contributed by atoms with E-state index in [2.05, 4.69) is 4.98 Å². The van der Waals surface area contributed by atoms with Gasteiger partial charge in [-0.1, -0.05) is 23.2 Å². The molecule has 1 aromatic heterocycles. The molecule has 0 radical (unpaired) electrons. The molecule has 1 aromatic carbocycles. The van der Waals surface area contributed by atoms with Crippen LogP contribution in [-0.4, -0.2) is 44.6 Å². The third-order valence-corrected chi connectivity index (χ3v) is 5.14. The summed E-state index contributed by atoms with van der Waals surface area (Å²) in [4.78, 5) is 28.9. The van der Waals surface area contributed by atoms with Gasteiger partial charge in [-0.25, -0.2) is 19.5 Å². The van der Waals surface area contributed by atoms with E-state index in [4.69, 9.17) is 42.1 Å². The number of halogens is 2. The normalized spacial score (nSPS) is 10.5. The minimum atomic E-state index is -0.672. The van der Waals surface area contributed by atoms with Gasteiger partial charge in [0.1, 0.15) is 28.3 Å². The summed E-state index contributed by atoms with van der Waals surface area (Å²) in [6, 6.07) is 5.07. The molecule has 2 aromatic rings. The van der Waals surface area contributed by atoms with E-state index in [1.807, 2.05) is 0 Å². The van der Waals surface area contributed by atoms with Crippen LogP contribution < -0.4 is 9.64 Å². The molecule has 0 aliphatic heterocycles. The molecule has 0 bridgehead atoms. The van der Waals surface area contributed by atoms with Gasteiger partial charge in [-0.15, -0.1) is 11.3 Å². The minimum absolute atomic E-state index is 0.200. The zero-order chi connectivity index (χ0) is 20.7. The molecule has 152 valence electrons. The van der Waals surface area contributed by atoms with Crippen LogP contribution in [0.2, 0.25) is 9.49 Å².